The highest BCUT2D eigenvalue weighted by Crippen LogP contribution is 2.29. The van der Waals surface area contributed by atoms with Crippen LogP contribution in [0.25, 0.3) is 0 Å². The Morgan fingerprint density at radius 1 is 1.39 bits per heavy atom. The van der Waals surface area contributed by atoms with Crippen LogP contribution in [0.3, 0.4) is 0 Å². The molecule has 2 rings (SSSR count). The lowest BCUT2D eigenvalue weighted by atomic mass is 9.92. The van der Waals surface area contributed by atoms with Crippen molar-refractivity contribution < 1.29 is 5.11 Å². The van der Waals surface area contributed by atoms with Gasteiger partial charge in [0.05, 0.1) is 22.7 Å². The van der Waals surface area contributed by atoms with E-state index in [1.807, 2.05) is 13.0 Å². The first-order valence-electron chi connectivity index (χ1n) is 6.27. The first kappa shape index (κ1) is 13.2. The molecule has 1 aromatic carbocycles. The maximum atomic E-state index is 9.94. The number of anilines is 1. The molecule has 0 aromatic heterocycles. The van der Waals surface area contributed by atoms with E-state index in [-0.39, 0.29) is 12.1 Å². The van der Waals surface area contributed by atoms with E-state index in [1.165, 1.54) is 0 Å². The minimum Gasteiger partial charge on any atom is -0.391 e. The molecule has 3 nitrogen and oxygen atoms in total. The van der Waals surface area contributed by atoms with Crippen LogP contribution >= 0.6 is 11.6 Å². The van der Waals surface area contributed by atoms with Crippen molar-refractivity contribution in [1.29, 1.82) is 5.26 Å². The van der Waals surface area contributed by atoms with Gasteiger partial charge in [-0.05, 0) is 37.5 Å². The fraction of sp³-hybridized carbons (Fsp3) is 0.500. The summed E-state index contributed by atoms with van der Waals surface area (Å²) in [6.45, 7) is 1.89. The Balaban J connectivity index is 2.19. The van der Waals surface area contributed by atoms with Gasteiger partial charge in [-0.3, -0.25) is 0 Å². The van der Waals surface area contributed by atoms with Gasteiger partial charge in [0.1, 0.15) is 6.07 Å². The molecule has 2 N–H and O–H groups in total. The lowest BCUT2D eigenvalue weighted by Crippen LogP contribution is -2.36. The Morgan fingerprint density at radius 2 is 2.11 bits per heavy atom. The molecular formula is C14H17ClN2O. The molecule has 0 bridgehead atoms. The molecule has 0 heterocycles. The highest BCUT2D eigenvalue weighted by Gasteiger charge is 2.23. The summed E-state index contributed by atoms with van der Waals surface area (Å²) < 4.78 is 0. The van der Waals surface area contributed by atoms with Gasteiger partial charge in [0.25, 0.3) is 0 Å². The van der Waals surface area contributed by atoms with Crippen molar-refractivity contribution in [3.8, 4) is 6.07 Å². The predicted octanol–water partition coefficient (Wildman–Crippen LogP) is 3.24. The summed E-state index contributed by atoms with van der Waals surface area (Å²) in [5, 5.41) is 22.7. The number of nitrogens with zero attached hydrogens (tertiary/aromatic N) is 1. The molecule has 4 heteroatoms. The van der Waals surface area contributed by atoms with Crippen molar-refractivity contribution in [3.63, 3.8) is 0 Å². The molecule has 1 aromatic rings. The number of aliphatic hydroxyl groups is 1. The molecule has 0 radical (unpaired) electrons. The van der Waals surface area contributed by atoms with E-state index in [0.29, 0.717) is 10.6 Å². The van der Waals surface area contributed by atoms with E-state index >= 15 is 0 Å². The number of hydrogen-bond donors (Lipinski definition) is 2. The summed E-state index contributed by atoms with van der Waals surface area (Å²) in [7, 11) is 0. The Morgan fingerprint density at radius 3 is 2.78 bits per heavy atom. The first-order valence-corrected chi connectivity index (χ1v) is 6.65. The summed E-state index contributed by atoms with van der Waals surface area (Å²) in [6.07, 6.45) is 3.75. The van der Waals surface area contributed by atoms with Crippen LogP contribution in [0.1, 0.15) is 36.8 Å². The molecule has 0 aliphatic heterocycles. The number of halogens is 1. The molecule has 1 aliphatic carbocycles. The standard InChI is InChI=1S/C14H17ClN2O/c1-9-11(7-6-10(8-16)14(9)15)17-12-4-2-3-5-13(12)18/h6-7,12-13,17-18H,2-5H2,1H3/t12-,13?/m1/s1. The smallest absolute Gasteiger partial charge is 0.101 e. The monoisotopic (exact) mass is 264 g/mol. The number of nitriles is 1. The van der Waals surface area contributed by atoms with Gasteiger partial charge in [-0.25, -0.2) is 0 Å². The topological polar surface area (TPSA) is 56.0 Å². The second-order valence-corrected chi connectivity index (χ2v) is 5.19. The van der Waals surface area contributed by atoms with Crippen molar-refractivity contribution in [3.05, 3.63) is 28.3 Å². The van der Waals surface area contributed by atoms with Crippen molar-refractivity contribution in [2.24, 2.45) is 0 Å². The predicted molar refractivity (Wildman–Crippen MR) is 72.8 cm³/mol. The fourth-order valence-corrected chi connectivity index (χ4v) is 2.61. The van der Waals surface area contributed by atoms with E-state index in [9.17, 15) is 5.11 Å². The van der Waals surface area contributed by atoms with E-state index in [1.54, 1.807) is 6.07 Å². The summed E-state index contributed by atoms with van der Waals surface area (Å²) in [5.41, 5.74) is 2.27. The molecular weight excluding hydrogens is 248 g/mol. The van der Waals surface area contributed by atoms with Gasteiger partial charge in [0.15, 0.2) is 0 Å². The molecule has 0 spiro atoms. The lowest BCUT2D eigenvalue weighted by Gasteiger charge is -2.30. The van der Waals surface area contributed by atoms with E-state index in [2.05, 4.69) is 11.4 Å². The molecule has 1 fully saturated rings. The second kappa shape index (κ2) is 5.60. The minimum absolute atomic E-state index is 0.0847. The summed E-state index contributed by atoms with van der Waals surface area (Å²) in [5.74, 6) is 0. The van der Waals surface area contributed by atoms with Crippen molar-refractivity contribution in [2.75, 3.05) is 5.32 Å². The zero-order valence-corrected chi connectivity index (χ0v) is 11.2. The quantitative estimate of drug-likeness (QED) is 0.862. The van der Waals surface area contributed by atoms with Gasteiger partial charge in [0.2, 0.25) is 0 Å². The van der Waals surface area contributed by atoms with E-state index < -0.39 is 0 Å². The van der Waals surface area contributed by atoms with Gasteiger partial charge in [-0.2, -0.15) is 5.26 Å². The SMILES string of the molecule is Cc1c(N[C@@H]2CCCCC2O)ccc(C#N)c1Cl. The number of benzene rings is 1. The van der Waals surface area contributed by atoms with Gasteiger partial charge in [-0.15, -0.1) is 0 Å². The molecule has 0 saturated heterocycles. The van der Waals surface area contributed by atoms with Crippen LogP contribution in [-0.4, -0.2) is 17.3 Å². The number of rotatable bonds is 2. The molecule has 1 unspecified atom stereocenters. The Kier molecular flexibility index (Phi) is 4.11. The van der Waals surface area contributed by atoms with Crippen LogP contribution in [-0.2, 0) is 0 Å². The zero-order valence-electron chi connectivity index (χ0n) is 10.4. The van der Waals surface area contributed by atoms with E-state index in [0.717, 1.165) is 36.9 Å². The molecule has 1 saturated carbocycles. The van der Waals surface area contributed by atoms with Crippen molar-refractivity contribution >= 4 is 17.3 Å². The van der Waals surface area contributed by atoms with Gasteiger partial charge in [0, 0.05) is 5.69 Å². The van der Waals surface area contributed by atoms with Gasteiger partial charge >= 0.3 is 0 Å². The number of aliphatic hydroxyl groups excluding tert-OH is 1. The lowest BCUT2D eigenvalue weighted by molar-refractivity contribution is 0.116. The minimum atomic E-state index is -0.299. The number of nitrogens with one attached hydrogen (secondary N) is 1. The summed E-state index contributed by atoms with van der Waals surface area (Å²) in [6, 6.07) is 5.73. The van der Waals surface area contributed by atoms with E-state index in [4.69, 9.17) is 16.9 Å². The van der Waals surface area contributed by atoms with Crippen molar-refractivity contribution in [2.45, 2.75) is 44.8 Å². The van der Waals surface area contributed by atoms with Gasteiger partial charge < -0.3 is 10.4 Å². The fourth-order valence-electron chi connectivity index (χ4n) is 2.41. The Hall–Kier alpha value is -1.24. The second-order valence-electron chi connectivity index (χ2n) is 4.81. The van der Waals surface area contributed by atoms with Crippen LogP contribution in [0.15, 0.2) is 12.1 Å². The summed E-state index contributed by atoms with van der Waals surface area (Å²) >= 11 is 6.13. The summed E-state index contributed by atoms with van der Waals surface area (Å²) in [4.78, 5) is 0. The first-order chi connectivity index (χ1) is 8.63. The largest absolute Gasteiger partial charge is 0.391 e. The molecule has 2 atom stereocenters. The van der Waals surface area contributed by atoms with Crippen LogP contribution in [0.4, 0.5) is 5.69 Å². The third kappa shape index (κ3) is 2.60. The maximum absolute atomic E-state index is 9.94. The normalized spacial score (nSPS) is 23.4. The van der Waals surface area contributed by atoms with Crippen molar-refractivity contribution in [1.82, 2.24) is 0 Å². The van der Waals surface area contributed by atoms with Gasteiger partial charge in [-0.1, -0.05) is 24.4 Å². The average Bonchev–Trinajstić information content (AvgIpc) is 2.38. The van der Waals surface area contributed by atoms with Crippen LogP contribution in [0.5, 0.6) is 0 Å². The molecule has 18 heavy (non-hydrogen) atoms. The van der Waals surface area contributed by atoms with Crippen LogP contribution < -0.4 is 5.32 Å². The Labute approximate surface area is 112 Å². The molecule has 1 aliphatic rings. The number of hydrogen-bond acceptors (Lipinski definition) is 3. The van der Waals surface area contributed by atoms with Crippen LogP contribution in [0, 0.1) is 18.3 Å². The third-order valence-corrected chi connectivity index (χ3v) is 4.06. The van der Waals surface area contributed by atoms with Crippen LogP contribution in [0.2, 0.25) is 5.02 Å². The maximum Gasteiger partial charge on any atom is 0.101 e. The molecule has 96 valence electrons. The third-order valence-electron chi connectivity index (χ3n) is 3.58. The Bertz CT molecular complexity index is 481. The highest BCUT2D eigenvalue weighted by molar-refractivity contribution is 6.32. The highest BCUT2D eigenvalue weighted by atomic mass is 35.5. The average molecular weight is 265 g/mol. The molecule has 0 amide bonds. The zero-order chi connectivity index (χ0) is 13.1.